The second kappa shape index (κ2) is 4.79. The summed E-state index contributed by atoms with van der Waals surface area (Å²) >= 11 is 0. The van der Waals surface area contributed by atoms with Gasteiger partial charge in [0.05, 0.1) is 4.92 Å². The zero-order valence-electron chi connectivity index (χ0n) is 10.1. The SMILES string of the molecule is Cl.NC1C(=O)N(CC2CC2)c2ccc([N+](=O)[O-])cc21. The summed E-state index contributed by atoms with van der Waals surface area (Å²) in [5, 5.41) is 10.7. The molecule has 0 bridgehead atoms. The molecule has 3 rings (SSSR count). The smallest absolute Gasteiger partial charge is 0.269 e. The summed E-state index contributed by atoms with van der Waals surface area (Å²) < 4.78 is 0. The topological polar surface area (TPSA) is 89.5 Å². The van der Waals surface area contributed by atoms with Gasteiger partial charge in [-0.05, 0) is 24.8 Å². The predicted octanol–water partition coefficient (Wildman–Crippen LogP) is 1.77. The van der Waals surface area contributed by atoms with E-state index in [0.29, 0.717) is 18.0 Å². The molecular weight excluding hydrogens is 270 g/mol. The van der Waals surface area contributed by atoms with Crippen LogP contribution in [0.15, 0.2) is 18.2 Å². The van der Waals surface area contributed by atoms with Crippen LogP contribution >= 0.6 is 12.4 Å². The molecule has 1 aliphatic carbocycles. The maximum absolute atomic E-state index is 12.0. The van der Waals surface area contributed by atoms with Crippen molar-refractivity contribution in [3.05, 3.63) is 33.9 Å². The highest BCUT2D eigenvalue weighted by molar-refractivity contribution is 6.04. The number of nitrogens with zero attached hydrogens (tertiary/aromatic N) is 2. The van der Waals surface area contributed by atoms with E-state index < -0.39 is 11.0 Å². The number of amides is 1. The van der Waals surface area contributed by atoms with Gasteiger partial charge in [0.15, 0.2) is 0 Å². The largest absolute Gasteiger partial charge is 0.316 e. The monoisotopic (exact) mass is 283 g/mol. The number of halogens is 1. The quantitative estimate of drug-likeness (QED) is 0.676. The average Bonchev–Trinajstić information content (AvgIpc) is 3.13. The minimum absolute atomic E-state index is 0. The Balaban J connectivity index is 0.00000133. The molecule has 1 aromatic carbocycles. The van der Waals surface area contributed by atoms with Crippen LogP contribution in [-0.4, -0.2) is 17.4 Å². The fourth-order valence-electron chi connectivity index (χ4n) is 2.32. The number of rotatable bonds is 3. The van der Waals surface area contributed by atoms with Crippen molar-refractivity contribution in [2.75, 3.05) is 11.4 Å². The van der Waals surface area contributed by atoms with E-state index in [1.165, 1.54) is 12.1 Å². The van der Waals surface area contributed by atoms with Crippen molar-refractivity contribution >= 4 is 29.7 Å². The van der Waals surface area contributed by atoms with E-state index in [1.807, 2.05) is 0 Å². The number of carbonyl (C=O) groups is 1. The molecule has 0 saturated heterocycles. The van der Waals surface area contributed by atoms with Crippen LogP contribution in [0.3, 0.4) is 0 Å². The lowest BCUT2D eigenvalue weighted by atomic mass is 10.1. The molecular formula is C12H14ClN3O3. The number of hydrogen-bond acceptors (Lipinski definition) is 4. The fraction of sp³-hybridized carbons (Fsp3) is 0.417. The van der Waals surface area contributed by atoms with Gasteiger partial charge in [0.25, 0.3) is 5.69 Å². The van der Waals surface area contributed by atoms with Crippen molar-refractivity contribution in [2.24, 2.45) is 11.7 Å². The van der Waals surface area contributed by atoms with Gasteiger partial charge in [0.2, 0.25) is 5.91 Å². The maximum Gasteiger partial charge on any atom is 0.269 e. The van der Waals surface area contributed by atoms with Crippen molar-refractivity contribution in [1.29, 1.82) is 0 Å². The summed E-state index contributed by atoms with van der Waals surface area (Å²) in [6.45, 7) is 0.678. The summed E-state index contributed by atoms with van der Waals surface area (Å²) in [6, 6.07) is 3.69. The van der Waals surface area contributed by atoms with Crippen molar-refractivity contribution < 1.29 is 9.72 Å². The molecule has 102 valence electrons. The summed E-state index contributed by atoms with van der Waals surface area (Å²) in [7, 11) is 0. The summed E-state index contributed by atoms with van der Waals surface area (Å²) in [5.41, 5.74) is 7.10. The number of benzene rings is 1. The van der Waals surface area contributed by atoms with E-state index in [4.69, 9.17) is 5.73 Å². The van der Waals surface area contributed by atoms with Crippen LogP contribution in [0.2, 0.25) is 0 Å². The summed E-state index contributed by atoms with van der Waals surface area (Å²) in [4.78, 5) is 24.0. The zero-order chi connectivity index (χ0) is 12.9. The van der Waals surface area contributed by atoms with Crippen LogP contribution in [0.5, 0.6) is 0 Å². The molecule has 19 heavy (non-hydrogen) atoms. The van der Waals surface area contributed by atoms with Gasteiger partial charge >= 0.3 is 0 Å². The van der Waals surface area contributed by atoms with E-state index in [0.717, 1.165) is 18.5 Å². The Morgan fingerprint density at radius 3 is 2.68 bits per heavy atom. The first-order valence-electron chi connectivity index (χ1n) is 5.93. The van der Waals surface area contributed by atoms with Crippen LogP contribution < -0.4 is 10.6 Å². The van der Waals surface area contributed by atoms with Gasteiger partial charge in [-0.15, -0.1) is 12.4 Å². The van der Waals surface area contributed by atoms with Crippen LogP contribution in [0, 0.1) is 16.0 Å². The molecule has 1 aromatic rings. The third-order valence-corrected chi connectivity index (χ3v) is 3.52. The first kappa shape index (κ1) is 13.8. The number of carbonyl (C=O) groups excluding carboxylic acids is 1. The molecule has 6 nitrogen and oxygen atoms in total. The second-order valence-electron chi connectivity index (χ2n) is 4.87. The van der Waals surface area contributed by atoms with E-state index >= 15 is 0 Å². The van der Waals surface area contributed by atoms with Gasteiger partial charge in [-0.1, -0.05) is 0 Å². The molecule has 1 saturated carbocycles. The van der Waals surface area contributed by atoms with Crippen molar-refractivity contribution in [3.63, 3.8) is 0 Å². The van der Waals surface area contributed by atoms with Gasteiger partial charge in [-0.25, -0.2) is 0 Å². The third kappa shape index (κ3) is 2.29. The number of nitro benzene ring substituents is 1. The van der Waals surface area contributed by atoms with Gasteiger partial charge in [-0.2, -0.15) is 0 Å². The Hall–Kier alpha value is -1.66. The average molecular weight is 284 g/mol. The number of hydrogen-bond donors (Lipinski definition) is 1. The maximum atomic E-state index is 12.0. The number of nitro groups is 1. The Morgan fingerprint density at radius 1 is 1.42 bits per heavy atom. The summed E-state index contributed by atoms with van der Waals surface area (Å²) in [5.74, 6) is 0.402. The highest BCUT2D eigenvalue weighted by Crippen LogP contribution is 2.40. The van der Waals surface area contributed by atoms with Gasteiger partial charge in [0, 0.05) is 29.9 Å². The molecule has 1 aliphatic heterocycles. The predicted molar refractivity (Wildman–Crippen MR) is 72.3 cm³/mol. The van der Waals surface area contributed by atoms with E-state index in [2.05, 4.69) is 0 Å². The van der Waals surface area contributed by atoms with Crippen molar-refractivity contribution in [1.82, 2.24) is 0 Å². The number of anilines is 1. The van der Waals surface area contributed by atoms with Crippen LogP contribution in [0.25, 0.3) is 0 Å². The lowest BCUT2D eigenvalue weighted by Gasteiger charge is -2.16. The van der Waals surface area contributed by atoms with Gasteiger partial charge < -0.3 is 10.6 Å². The highest BCUT2D eigenvalue weighted by Gasteiger charge is 2.38. The number of non-ortho nitro benzene ring substituents is 1. The van der Waals surface area contributed by atoms with E-state index in [-0.39, 0.29) is 24.0 Å². The Bertz CT molecular complexity index is 545. The Labute approximate surface area is 116 Å². The van der Waals surface area contributed by atoms with Crippen LogP contribution in [0.4, 0.5) is 11.4 Å². The first-order valence-corrected chi connectivity index (χ1v) is 5.93. The molecule has 7 heteroatoms. The van der Waals surface area contributed by atoms with Gasteiger partial charge in [-0.3, -0.25) is 14.9 Å². The molecule has 1 heterocycles. The molecule has 0 aromatic heterocycles. The molecule has 1 fully saturated rings. The number of nitrogens with two attached hydrogens (primary N) is 1. The van der Waals surface area contributed by atoms with Crippen LogP contribution in [-0.2, 0) is 4.79 Å². The van der Waals surface area contributed by atoms with Gasteiger partial charge in [0.1, 0.15) is 6.04 Å². The minimum Gasteiger partial charge on any atom is -0.316 e. The molecule has 1 atom stereocenters. The standard InChI is InChI=1S/C12H13N3O3.ClH/c13-11-9-5-8(15(17)18)3-4-10(9)14(12(11)16)6-7-1-2-7;/h3-5,7,11H,1-2,6,13H2;1H. The molecule has 1 amide bonds. The Kier molecular flexibility index (Phi) is 3.47. The normalized spacial score (nSPS) is 21.0. The lowest BCUT2D eigenvalue weighted by Crippen LogP contribution is -2.33. The Morgan fingerprint density at radius 2 is 2.11 bits per heavy atom. The van der Waals surface area contributed by atoms with Crippen molar-refractivity contribution in [2.45, 2.75) is 18.9 Å². The summed E-state index contributed by atoms with van der Waals surface area (Å²) in [6.07, 6.45) is 2.28. The van der Waals surface area contributed by atoms with E-state index in [1.54, 1.807) is 11.0 Å². The van der Waals surface area contributed by atoms with E-state index in [9.17, 15) is 14.9 Å². The lowest BCUT2D eigenvalue weighted by molar-refractivity contribution is -0.384. The number of fused-ring (bicyclic) bond motifs is 1. The highest BCUT2D eigenvalue weighted by atomic mass is 35.5. The minimum atomic E-state index is -0.765. The zero-order valence-corrected chi connectivity index (χ0v) is 10.9. The molecule has 1 unspecified atom stereocenters. The molecule has 2 aliphatic rings. The molecule has 2 N–H and O–H groups in total. The van der Waals surface area contributed by atoms with Crippen LogP contribution in [0.1, 0.15) is 24.4 Å². The molecule has 0 spiro atoms. The second-order valence-corrected chi connectivity index (χ2v) is 4.87. The fourth-order valence-corrected chi connectivity index (χ4v) is 2.32. The van der Waals surface area contributed by atoms with Crippen molar-refractivity contribution in [3.8, 4) is 0 Å². The molecule has 0 radical (unpaired) electrons. The first-order chi connectivity index (χ1) is 8.58. The third-order valence-electron chi connectivity index (χ3n) is 3.52.